The zero-order chi connectivity index (χ0) is 18.5. The molecule has 5 nitrogen and oxygen atoms in total. The van der Waals surface area contributed by atoms with E-state index in [1.807, 2.05) is 53.4 Å². The molecule has 6 heteroatoms. The largest absolute Gasteiger partial charge is 0.481 e. The van der Waals surface area contributed by atoms with Gasteiger partial charge in [-0.1, -0.05) is 47.1 Å². The van der Waals surface area contributed by atoms with Crippen LogP contribution in [0.5, 0.6) is 0 Å². The van der Waals surface area contributed by atoms with Gasteiger partial charge < -0.3 is 10.0 Å². The molecule has 0 saturated carbocycles. The Labute approximate surface area is 160 Å². The second-order valence-corrected chi connectivity index (χ2v) is 6.94. The molecule has 0 unspecified atom stereocenters. The van der Waals surface area contributed by atoms with Crippen molar-refractivity contribution in [2.75, 3.05) is 18.0 Å². The number of hydrogen-bond acceptors (Lipinski definition) is 4. The van der Waals surface area contributed by atoms with E-state index < -0.39 is 5.97 Å². The SMILES string of the molecule is CCCN(CCC(=O)O)c1nc(-c2cccc(Br)c2)nc2ccccc12. The molecular formula is C20H20BrN3O2. The van der Waals surface area contributed by atoms with Gasteiger partial charge >= 0.3 is 5.97 Å². The predicted molar refractivity (Wildman–Crippen MR) is 107 cm³/mol. The lowest BCUT2D eigenvalue weighted by Crippen LogP contribution is -2.28. The Kier molecular flexibility index (Phi) is 5.83. The van der Waals surface area contributed by atoms with Gasteiger partial charge in [0.25, 0.3) is 0 Å². The zero-order valence-corrected chi connectivity index (χ0v) is 16.1. The molecule has 26 heavy (non-hydrogen) atoms. The molecule has 1 N–H and O–H groups in total. The van der Waals surface area contributed by atoms with Gasteiger partial charge in [0.05, 0.1) is 11.9 Å². The average molecular weight is 414 g/mol. The lowest BCUT2D eigenvalue weighted by Gasteiger charge is -2.24. The molecule has 2 aromatic carbocycles. The molecular weight excluding hydrogens is 394 g/mol. The smallest absolute Gasteiger partial charge is 0.305 e. The van der Waals surface area contributed by atoms with Crippen molar-refractivity contribution in [2.24, 2.45) is 0 Å². The molecule has 1 aromatic heterocycles. The van der Waals surface area contributed by atoms with Crippen molar-refractivity contribution in [1.82, 2.24) is 9.97 Å². The maximum absolute atomic E-state index is 11.1. The van der Waals surface area contributed by atoms with Crippen molar-refractivity contribution in [2.45, 2.75) is 19.8 Å². The van der Waals surface area contributed by atoms with E-state index >= 15 is 0 Å². The number of aromatic nitrogens is 2. The molecule has 0 spiro atoms. The fourth-order valence-electron chi connectivity index (χ4n) is 2.88. The summed E-state index contributed by atoms with van der Waals surface area (Å²) in [6.45, 7) is 3.24. The Balaban J connectivity index is 2.13. The Morgan fingerprint density at radius 3 is 2.65 bits per heavy atom. The average Bonchev–Trinajstić information content (AvgIpc) is 2.64. The number of aliphatic carboxylic acids is 1. The number of carboxylic acid groups (broad SMARTS) is 1. The number of para-hydroxylation sites is 1. The first-order valence-electron chi connectivity index (χ1n) is 8.58. The van der Waals surface area contributed by atoms with Gasteiger partial charge in [0.15, 0.2) is 5.82 Å². The Bertz CT molecular complexity index is 930. The highest BCUT2D eigenvalue weighted by molar-refractivity contribution is 9.10. The van der Waals surface area contributed by atoms with Crippen LogP contribution in [0.2, 0.25) is 0 Å². The molecule has 1 heterocycles. The van der Waals surface area contributed by atoms with E-state index in [1.165, 1.54) is 0 Å². The van der Waals surface area contributed by atoms with Crippen LogP contribution in [0, 0.1) is 0 Å². The van der Waals surface area contributed by atoms with Gasteiger partial charge in [0, 0.05) is 28.5 Å². The van der Waals surface area contributed by atoms with E-state index in [2.05, 4.69) is 22.9 Å². The quantitative estimate of drug-likeness (QED) is 0.605. The number of benzene rings is 2. The molecule has 0 aliphatic heterocycles. The molecule has 0 atom stereocenters. The van der Waals surface area contributed by atoms with Gasteiger partial charge in [-0.3, -0.25) is 4.79 Å². The van der Waals surface area contributed by atoms with Crippen molar-refractivity contribution in [3.63, 3.8) is 0 Å². The summed E-state index contributed by atoms with van der Waals surface area (Å²) in [5.41, 5.74) is 1.77. The van der Waals surface area contributed by atoms with Gasteiger partial charge in [-0.2, -0.15) is 0 Å². The van der Waals surface area contributed by atoms with Crippen LogP contribution in [0.1, 0.15) is 19.8 Å². The summed E-state index contributed by atoms with van der Waals surface area (Å²) in [6.07, 6.45) is 0.981. The third-order valence-electron chi connectivity index (χ3n) is 4.05. The van der Waals surface area contributed by atoms with Crippen LogP contribution in [0.3, 0.4) is 0 Å². The summed E-state index contributed by atoms with van der Waals surface area (Å²) in [4.78, 5) is 22.6. The van der Waals surface area contributed by atoms with E-state index in [1.54, 1.807) is 0 Å². The molecule has 0 radical (unpaired) electrons. The van der Waals surface area contributed by atoms with Crippen LogP contribution >= 0.6 is 15.9 Å². The van der Waals surface area contributed by atoms with Crippen molar-refractivity contribution in [3.05, 3.63) is 53.0 Å². The molecule has 3 aromatic rings. The van der Waals surface area contributed by atoms with Gasteiger partial charge in [-0.05, 0) is 30.7 Å². The summed E-state index contributed by atoms with van der Waals surface area (Å²) in [7, 11) is 0. The Morgan fingerprint density at radius 2 is 1.92 bits per heavy atom. The lowest BCUT2D eigenvalue weighted by molar-refractivity contribution is -0.136. The topological polar surface area (TPSA) is 66.3 Å². The van der Waals surface area contributed by atoms with Crippen LogP contribution in [0.25, 0.3) is 22.3 Å². The van der Waals surface area contributed by atoms with Gasteiger partial charge in [0.1, 0.15) is 5.82 Å². The molecule has 0 aliphatic rings. The second-order valence-electron chi connectivity index (χ2n) is 6.03. The summed E-state index contributed by atoms with van der Waals surface area (Å²) >= 11 is 3.49. The normalized spacial score (nSPS) is 10.8. The highest BCUT2D eigenvalue weighted by Crippen LogP contribution is 2.29. The number of halogens is 1. The number of rotatable bonds is 7. The summed E-state index contributed by atoms with van der Waals surface area (Å²) in [5, 5.41) is 10.0. The third kappa shape index (κ3) is 4.19. The summed E-state index contributed by atoms with van der Waals surface area (Å²) < 4.78 is 0.963. The Morgan fingerprint density at radius 1 is 1.12 bits per heavy atom. The minimum atomic E-state index is -0.809. The predicted octanol–water partition coefficient (Wildman–Crippen LogP) is 4.75. The second kappa shape index (κ2) is 8.27. The third-order valence-corrected chi connectivity index (χ3v) is 4.55. The highest BCUT2D eigenvalue weighted by atomic mass is 79.9. The van der Waals surface area contributed by atoms with Crippen LogP contribution < -0.4 is 4.90 Å². The van der Waals surface area contributed by atoms with E-state index in [0.29, 0.717) is 12.4 Å². The number of carboxylic acids is 1. The monoisotopic (exact) mass is 413 g/mol. The van der Waals surface area contributed by atoms with Crippen LogP contribution in [0.4, 0.5) is 5.82 Å². The van der Waals surface area contributed by atoms with Gasteiger partial charge in [-0.25, -0.2) is 9.97 Å². The van der Waals surface area contributed by atoms with Crippen molar-refractivity contribution >= 4 is 38.6 Å². The Hall–Kier alpha value is -2.47. The molecule has 3 rings (SSSR count). The van der Waals surface area contributed by atoms with Crippen molar-refractivity contribution in [1.29, 1.82) is 0 Å². The zero-order valence-electron chi connectivity index (χ0n) is 14.5. The molecule has 0 bridgehead atoms. The molecule has 134 valence electrons. The fraction of sp³-hybridized carbons (Fsp3) is 0.250. The number of hydrogen-bond donors (Lipinski definition) is 1. The summed E-state index contributed by atoms with van der Waals surface area (Å²) in [5.74, 6) is 0.613. The first kappa shape index (κ1) is 18.3. The molecule has 0 amide bonds. The molecule has 0 fully saturated rings. The number of fused-ring (bicyclic) bond motifs is 1. The van der Waals surface area contributed by atoms with E-state index in [4.69, 9.17) is 15.1 Å². The fourth-order valence-corrected chi connectivity index (χ4v) is 3.28. The van der Waals surface area contributed by atoms with Gasteiger partial charge in [0.2, 0.25) is 0 Å². The minimum absolute atomic E-state index is 0.0740. The number of anilines is 1. The molecule has 0 aliphatic carbocycles. The first-order chi connectivity index (χ1) is 12.6. The van der Waals surface area contributed by atoms with E-state index in [0.717, 1.165) is 39.7 Å². The van der Waals surface area contributed by atoms with Crippen LogP contribution in [-0.4, -0.2) is 34.1 Å². The molecule has 0 saturated heterocycles. The number of nitrogens with zero attached hydrogens (tertiary/aromatic N) is 3. The minimum Gasteiger partial charge on any atom is -0.481 e. The first-order valence-corrected chi connectivity index (χ1v) is 9.37. The van der Waals surface area contributed by atoms with Crippen LogP contribution in [-0.2, 0) is 4.79 Å². The lowest BCUT2D eigenvalue weighted by atomic mass is 10.1. The highest BCUT2D eigenvalue weighted by Gasteiger charge is 2.16. The van der Waals surface area contributed by atoms with Crippen molar-refractivity contribution in [3.8, 4) is 11.4 Å². The maximum atomic E-state index is 11.1. The number of carbonyl (C=O) groups is 1. The van der Waals surface area contributed by atoms with Crippen LogP contribution in [0.15, 0.2) is 53.0 Å². The summed E-state index contributed by atoms with van der Waals surface area (Å²) in [6, 6.07) is 15.7. The van der Waals surface area contributed by atoms with Gasteiger partial charge in [-0.15, -0.1) is 0 Å². The maximum Gasteiger partial charge on any atom is 0.305 e. The standard InChI is InChI=1S/C20H20BrN3O2/c1-2-11-24(12-10-18(25)26)20-16-8-3-4-9-17(16)22-19(23-20)14-6-5-7-15(21)13-14/h3-9,13H,2,10-12H2,1H3,(H,25,26). The van der Waals surface area contributed by atoms with Crippen molar-refractivity contribution < 1.29 is 9.90 Å². The van der Waals surface area contributed by atoms with E-state index in [9.17, 15) is 4.79 Å². The van der Waals surface area contributed by atoms with E-state index in [-0.39, 0.29) is 6.42 Å².